The van der Waals surface area contributed by atoms with Gasteiger partial charge in [-0.2, -0.15) is 0 Å². The maximum Gasteiger partial charge on any atom is 0.0728 e. The smallest absolute Gasteiger partial charge is 0.0728 e. The number of rotatable bonds is 2. The van der Waals surface area contributed by atoms with E-state index < -0.39 is 23.1 Å². The van der Waals surface area contributed by atoms with E-state index in [4.69, 9.17) is 5.73 Å². The lowest BCUT2D eigenvalue weighted by molar-refractivity contribution is -0.259. The molecule has 0 aliphatic heterocycles. The highest BCUT2D eigenvalue weighted by atomic mass is 16.4. The molecule has 5 nitrogen and oxygen atoms in total. The first-order chi connectivity index (χ1) is 8.00. The Kier molecular flexibility index (Phi) is 2.44. The molecule has 2 aromatic carbocycles. The minimum atomic E-state index is -1.57. The summed E-state index contributed by atoms with van der Waals surface area (Å²) in [5, 5.41) is 22.6. The Bertz CT molecular complexity index is 634. The van der Waals surface area contributed by atoms with E-state index in [2.05, 4.69) is 0 Å². The van der Waals surface area contributed by atoms with Crippen molar-refractivity contribution in [2.45, 2.75) is 0 Å². The molecule has 0 aromatic heterocycles. The second-order valence-electron chi connectivity index (χ2n) is 3.54. The maximum atomic E-state index is 11.0. The Balaban J connectivity index is 2.92. The average molecular weight is 229 g/mol. The highest BCUT2D eigenvalue weighted by Gasteiger charge is 2.09. The van der Waals surface area contributed by atoms with Crippen LogP contribution in [0, 0.1) is 0 Å². The number of hydrogen-bond acceptors (Lipinski definition) is 5. The molecule has 2 rings (SSSR count). The molecule has 0 saturated heterocycles. The molecule has 0 amide bonds. The zero-order chi connectivity index (χ0) is 12.6. The number of aromatic carboxylic acids is 2. The van der Waals surface area contributed by atoms with Crippen molar-refractivity contribution in [1.82, 2.24) is 0 Å². The molecule has 17 heavy (non-hydrogen) atoms. The van der Waals surface area contributed by atoms with Gasteiger partial charge in [0.2, 0.25) is 0 Å². The van der Waals surface area contributed by atoms with Crippen LogP contribution in [-0.4, -0.2) is 11.9 Å². The molecule has 0 heterocycles. The Morgan fingerprint density at radius 2 is 1.65 bits per heavy atom. The molecule has 0 unspecified atom stereocenters. The summed E-state index contributed by atoms with van der Waals surface area (Å²) in [6.45, 7) is 0. The van der Waals surface area contributed by atoms with Crippen LogP contribution in [0.2, 0.25) is 0 Å². The first-order valence-electron chi connectivity index (χ1n) is 4.75. The number of nitrogen functional groups attached to an aromatic ring is 1. The van der Waals surface area contributed by atoms with Crippen LogP contribution in [0.4, 0.5) is 5.69 Å². The van der Waals surface area contributed by atoms with Gasteiger partial charge in [0, 0.05) is 16.8 Å². The predicted molar refractivity (Wildman–Crippen MR) is 57.0 cm³/mol. The Morgan fingerprint density at radius 1 is 1.00 bits per heavy atom. The quantitative estimate of drug-likeness (QED) is 0.675. The van der Waals surface area contributed by atoms with Crippen LogP contribution in [0.5, 0.6) is 0 Å². The van der Waals surface area contributed by atoms with E-state index in [0.29, 0.717) is 11.1 Å². The SMILES string of the molecule is Nc1ccc2ccc(C(=O)[O-])c(C(=O)[O-])c2c1. The van der Waals surface area contributed by atoms with Gasteiger partial charge < -0.3 is 25.5 Å². The molecule has 0 saturated carbocycles. The fourth-order valence-corrected chi connectivity index (χ4v) is 1.73. The van der Waals surface area contributed by atoms with Gasteiger partial charge in [-0.05, 0) is 22.9 Å². The van der Waals surface area contributed by atoms with Crippen molar-refractivity contribution in [2.24, 2.45) is 0 Å². The third kappa shape index (κ3) is 1.78. The van der Waals surface area contributed by atoms with Gasteiger partial charge in [-0.25, -0.2) is 0 Å². The number of hydrogen-bond donors (Lipinski definition) is 1. The monoisotopic (exact) mass is 229 g/mol. The summed E-state index contributed by atoms with van der Waals surface area (Å²) in [4.78, 5) is 21.8. The molecule has 2 aromatic rings. The number of carbonyl (C=O) groups is 2. The molecule has 0 bridgehead atoms. The lowest BCUT2D eigenvalue weighted by Crippen LogP contribution is -2.30. The zero-order valence-corrected chi connectivity index (χ0v) is 8.60. The fraction of sp³-hybridized carbons (Fsp3) is 0. The molecule has 5 heteroatoms. The molecule has 0 atom stereocenters. The molecular formula is C12H7NO4-2. The van der Waals surface area contributed by atoms with Crippen LogP contribution in [-0.2, 0) is 0 Å². The second-order valence-corrected chi connectivity index (χ2v) is 3.54. The minimum absolute atomic E-state index is 0.228. The summed E-state index contributed by atoms with van der Waals surface area (Å²) in [5.74, 6) is -3.13. The summed E-state index contributed by atoms with van der Waals surface area (Å²) in [6, 6.07) is 7.27. The van der Waals surface area contributed by atoms with E-state index >= 15 is 0 Å². The van der Waals surface area contributed by atoms with Gasteiger partial charge in [-0.1, -0.05) is 18.2 Å². The highest BCUT2D eigenvalue weighted by Crippen LogP contribution is 2.24. The number of benzene rings is 2. The van der Waals surface area contributed by atoms with Crippen LogP contribution in [0.25, 0.3) is 10.8 Å². The third-order valence-electron chi connectivity index (χ3n) is 2.47. The zero-order valence-electron chi connectivity index (χ0n) is 8.60. The van der Waals surface area contributed by atoms with Crippen LogP contribution < -0.4 is 15.9 Å². The molecule has 0 radical (unpaired) electrons. The number of anilines is 1. The molecule has 0 spiro atoms. The first-order valence-corrected chi connectivity index (χ1v) is 4.75. The Labute approximate surface area is 96.1 Å². The number of carboxylic acid groups (broad SMARTS) is 2. The van der Waals surface area contributed by atoms with Crippen LogP contribution in [0.15, 0.2) is 30.3 Å². The minimum Gasteiger partial charge on any atom is -0.545 e. The van der Waals surface area contributed by atoms with E-state index in [1.807, 2.05) is 0 Å². The molecule has 2 N–H and O–H groups in total. The van der Waals surface area contributed by atoms with Crippen LogP contribution in [0.1, 0.15) is 20.7 Å². The Morgan fingerprint density at radius 3 is 2.24 bits per heavy atom. The van der Waals surface area contributed by atoms with E-state index in [1.165, 1.54) is 18.2 Å². The topological polar surface area (TPSA) is 106 Å². The van der Waals surface area contributed by atoms with Crippen LogP contribution in [0.3, 0.4) is 0 Å². The fourth-order valence-electron chi connectivity index (χ4n) is 1.73. The van der Waals surface area contributed by atoms with Gasteiger partial charge in [0.25, 0.3) is 0 Å². The number of fused-ring (bicyclic) bond motifs is 1. The number of carboxylic acids is 2. The summed E-state index contributed by atoms with van der Waals surface area (Å²) in [7, 11) is 0. The highest BCUT2D eigenvalue weighted by molar-refractivity contribution is 6.11. The Hall–Kier alpha value is -2.56. The van der Waals surface area contributed by atoms with Crippen molar-refractivity contribution in [1.29, 1.82) is 0 Å². The van der Waals surface area contributed by atoms with E-state index in [0.717, 1.165) is 0 Å². The van der Waals surface area contributed by atoms with Crippen molar-refractivity contribution in [3.63, 3.8) is 0 Å². The normalized spacial score (nSPS) is 10.4. The summed E-state index contributed by atoms with van der Waals surface area (Å²) in [6.07, 6.45) is 0. The largest absolute Gasteiger partial charge is 0.545 e. The van der Waals surface area contributed by atoms with Crippen molar-refractivity contribution in [3.05, 3.63) is 41.5 Å². The lowest BCUT2D eigenvalue weighted by atomic mass is 9.98. The standard InChI is InChI=1S/C12H9NO4/c13-7-3-1-6-2-4-8(11(14)15)10(12(16)17)9(6)5-7/h1-5H,13H2,(H,14,15)(H,16,17)/p-2. The van der Waals surface area contributed by atoms with Gasteiger partial charge >= 0.3 is 0 Å². The molecule has 0 fully saturated rings. The summed E-state index contributed by atoms with van der Waals surface area (Å²) in [5.41, 5.74) is 5.06. The number of nitrogens with two attached hydrogens (primary N) is 1. The van der Waals surface area contributed by atoms with Gasteiger partial charge in [-0.15, -0.1) is 0 Å². The van der Waals surface area contributed by atoms with Gasteiger partial charge in [0.05, 0.1) is 11.9 Å². The van der Waals surface area contributed by atoms with Gasteiger partial charge in [0.1, 0.15) is 0 Å². The molecule has 0 aliphatic carbocycles. The predicted octanol–water partition coefficient (Wildman–Crippen LogP) is -0.851. The van der Waals surface area contributed by atoms with Crippen molar-refractivity contribution >= 4 is 28.4 Å². The van der Waals surface area contributed by atoms with Crippen molar-refractivity contribution in [3.8, 4) is 0 Å². The number of carbonyl (C=O) groups excluding carboxylic acids is 2. The molecular weight excluding hydrogens is 222 g/mol. The van der Waals surface area contributed by atoms with Crippen molar-refractivity contribution in [2.75, 3.05) is 5.73 Å². The molecule has 86 valence electrons. The summed E-state index contributed by atoms with van der Waals surface area (Å²) >= 11 is 0. The van der Waals surface area contributed by atoms with Gasteiger partial charge in [0.15, 0.2) is 0 Å². The lowest BCUT2D eigenvalue weighted by Gasteiger charge is -2.14. The third-order valence-corrected chi connectivity index (χ3v) is 2.47. The van der Waals surface area contributed by atoms with Crippen molar-refractivity contribution < 1.29 is 19.8 Å². The summed E-state index contributed by atoms with van der Waals surface area (Å²) < 4.78 is 0. The first kappa shape index (κ1) is 10.9. The van der Waals surface area contributed by atoms with Gasteiger partial charge in [-0.3, -0.25) is 0 Å². The maximum absolute atomic E-state index is 11.0. The molecule has 0 aliphatic rings. The van der Waals surface area contributed by atoms with E-state index in [-0.39, 0.29) is 5.39 Å². The van der Waals surface area contributed by atoms with E-state index in [1.54, 1.807) is 12.1 Å². The average Bonchev–Trinajstić information content (AvgIpc) is 2.26. The second kappa shape index (κ2) is 3.79. The van der Waals surface area contributed by atoms with Crippen LogP contribution >= 0.6 is 0 Å². The van der Waals surface area contributed by atoms with E-state index in [9.17, 15) is 19.8 Å².